The second-order valence-electron chi connectivity index (χ2n) is 5.02. The Balaban J connectivity index is 2.21. The molecule has 1 heterocycles. The van der Waals surface area contributed by atoms with Crippen LogP contribution in [-0.4, -0.2) is 42.6 Å². The van der Waals surface area contributed by atoms with Gasteiger partial charge in [-0.05, 0) is 20.2 Å². The molecule has 22 heavy (non-hydrogen) atoms. The number of rotatable bonds is 6. The lowest BCUT2D eigenvalue weighted by molar-refractivity contribution is 0.300. The minimum atomic E-state index is 0.0865. The summed E-state index contributed by atoms with van der Waals surface area (Å²) in [6, 6.07) is 8.01. The molecule has 1 atom stereocenters. The topological polar surface area (TPSA) is 76.3 Å². The average Bonchev–Trinajstić information content (AvgIpc) is 2.51. The summed E-state index contributed by atoms with van der Waals surface area (Å²) >= 11 is 6.11. The summed E-state index contributed by atoms with van der Waals surface area (Å²) in [5.74, 6) is 1.63. The molecule has 0 bridgehead atoms. The van der Waals surface area contributed by atoms with E-state index in [1.165, 1.54) is 6.33 Å². The van der Waals surface area contributed by atoms with Crippen molar-refractivity contribution in [3.63, 3.8) is 0 Å². The fraction of sp³-hybridized carbons (Fsp3) is 0.333. The number of nitrogens with one attached hydrogen (secondary N) is 1. The van der Waals surface area contributed by atoms with Crippen molar-refractivity contribution < 1.29 is 4.74 Å². The molecule has 0 saturated heterocycles. The van der Waals surface area contributed by atoms with Gasteiger partial charge in [-0.1, -0.05) is 29.8 Å². The largest absolute Gasteiger partial charge is 0.496 e. The summed E-state index contributed by atoms with van der Waals surface area (Å²) in [6.07, 6.45) is 1.39. The molecule has 2 aromatic rings. The van der Waals surface area contributed by atoms with Crippen LogP contribution in [0.2, 0.25) is 5.02 Å². The van der Waals surface area contributed by atoms with E-state index >= 15 is 0 Å². The van der Waals surface area contributed by atoms with Gasteiger partial charge in [-0.15, -0.1) is 0 Å². The van der Waals surface area contributed by atoms with Crippen molar-refractivity contribution in [2.24, 2.45) is 0 Å². The summed E-state index contributed by atoms with van der Waals surface area (Å²) in [5, 5.41) is 3.56. The Morgan fingerprint density at radius 2 is 2.05 bits per heavy atom. The first kappa shape index (κ1) is 16.3. The standard InChI is InChI=1S/C15H20ClN5O/c1-21(2)11(10-6-4-5-7-12(10)22-3)8-18-15-13(16)14(17)19-9-20-15/h4-7,9,11H,8H2,1-3H3,(H3,17,18,19,20)/t11-/m1/s1. The Kier molecular flexibility index (Phi) is 5.41. The Morgan fingerprint density at radius 3 is 2.73 bits per heavy atom. The summed E-state index contributed by atoms with van der Waals surface area (Å²) in [6.45, 7) is 0.601. The molecule has 2 rings (SSSR count). The number of anilines is 2. The van der Waals surface area contributed by atoms with Gasteiger partial charge in [0, 0.05) is 12.1 Å². The van der Waals surface area contributed by atoms with Crippen molar-refractivity contribution in [3.05, 3.63) is 41.2 Å². The number of nitrogens with two attached hydrogens (primary N) is 1. The highest BCUT2D eigenvalue weighted by molar-refractivity contribution is 6.35. The lowest BCUT2D eigenvalue weighted by Gasteiger charge is -2.27. The molecule has 7 heteroatoms. The highest BCUT2D eigenvalue weighted by atomic mass is 35.5. The Labute approximate surface area is 135 Å². The number of aromatic nitrogens is 2. The molecular formula is C15H20ClN5O. The molecule has 3 N–H and O–H groups in total. The maximum atomic E-state index is 6.11. The number of nitrogen functional groups attached to an aromatic ring is 1. The lowest BCUT2D eigenvalue weighted by atomic mass is 10.0. The van der Waals surface area contributed by atoms with E-state index in [2.05, 4.69) is 20.2 Å². The number of hydrogen-bond donors (Lipinski definition) is 2. The smallest absolute Gasteiger partial charge is 0.150 e. The van der Waals surface area contributed by atoms with E-state index in [1.807, 2.05) is 38.4 Å². The van der Waals surface area contributed by atoms with Crippen LogP contribution in [0.5, 0.6) is 5.75 Å². The van der Waals surface area contributed by atoms with E-state index in [1.54, 1.807) is 7.11 Å². The van der Waals surface area contributed by atoms with Gasteiger partial charge in [0.15, 0.2) is 5.82 Å². The molecule has 0 amide bonds. The fourth-order valence-electron chi connectivity index (χ4n) is 2.21. The first-order chi connectivity index (χ1) is 10.5. The normalized spacial score (nSPS) is 12.2. The molecule has 0 aliphatic heterocycles. The average molecular weight is 322 g/mol. The number of ether oxygens (including phenoxy) is 1. The second-order valence-corrected chi connectivity index (χ2v) is 5.40. The number of halogens is 1. The van der Waals surface area contributed by atoms with E-state index in [-0.39, 0.29) is 11.9 Å². The lowest BCUT2D eigenvalue weighted by Crippen LogP contribution is -2.27. The third-order valence-corrected chi connectivity index (χ3v) is 3.77. The van der Waals surface area contributed by atoms with Gasteiger partial charge < -0.3 is 20.7 Å². The fourth-order valence-corrected chi connectivity index (χ4v) is 2.38. The molecule has 0 spiro atoms. The Bertz CT molecular complexity index is 635. The Morgan fingerprint density at radius 1 is 1.32 bits per heavy atom. The molecule has 0 radical (unpaired) electrons. The number of para-hydroxylation sites is 1. The highest BCUT2D eigenvalue weighted by Crippen LogP contribution is 2.29. The summed E-state index contributed by atoms with van der Waals surface area (Å²) in [4.78, 5) is 10.1. The van der Waals surface area contributed by atoms with Gasteiger partial charge in [-0.3, -0.25) is 0 Å². The van der Waals surface area contributed by atoms with Crippen molar-refractivity contribution in [2.75, 3.05) is 38.8 Å². The predicted molar refractivity (Wildman–Crippen MR) is 89.4 cm³/mol. The van der Waals surface area contributed by atoms with Gasteiger partial charge in [-0.2, -0.15) is 0 Å². The minimum Gasteiger partial charge on any atom is -0.496 e. The first-order valence-electron chi connectivity index (χ1n) is 6.83. The van der Waals surface area contributed by atoms with Crippen molar-refractivity contribution >= 4 is 23.2 Å². The number of nitrogens with zero attached hydrogens (tertiary/aromatic N) is 3. The molecule has 0 aliphatic carbocycles. The number of benzene rings is 1. The molecular weight excluding hydrogens is 302 g/mol. The van der Waals surface area contributed by atoms with Gasteiger partial charge in [0.25, 0.3) is 0 Å². The van der Waals surface area contributed by atoms with Crippen LogP contribution in [-0.2, 0) is 0 Å². The maximum Gasteiger partial charge on any atom is 0.150 e. The van der Waals surface area contributed by atoms with Crippen LogP contribution < -0.4 is 15.8 Å². The molecule has 0 unspecified atom stereocenters. The van der Waals surface area contributed by atoms with Crippen LogP contribution in [0.25, 0.3) is 0 Å². The van der Waals surface area contributed by atoms with Gasteiger partial charge in [0.2, 0.25) is 0 Å². The van der Waals surface area contributed by atoms with Crippen LogP contribution in [0, 0.1) is 0 Å². The number of hydrogen-bond acceptors (Lipinski definition) is 6. The van der Waals surface area contributed by atoms with Crippen molar-refractivity contribution in [1.82, 2.24) is 14.9 Å². The molecule has 1 aromatic heterocycles. The van der Waals surface area contributed by atoms with Gasteiger partial charge in [0.1, 0.15) is 22.9 Å². The molecule has 6 nitrogen and oxygen atoms in total. The molecule has 0 saturated carbocycles. The zero-order valence-corrected chi connectivity index (χ0v) is 13.6. The van der Waals surface area contributed by atoms with E-state index in [0.717, 1.165) is 11.3 Å². The summed E-state index contributed by atoms with van der Waals surface area (Å²) < 4.78 is 5.45. The maximum absolute atomic E-state index is 6.11. The van der Waals surface area contributed by atoms with Crippen molar-refractivity contribution in [2.45, 2.75) is 6.04 Å². The molecule has 118 valence electrons. The van der Waals surface area contributed by atoms with Crippen LogP contribution >= 0.6 is 11.6 Å². The SMILES string of the molecule is COc1ccccc1[C@@H](CNc1ncnc(N)c1Cl)N(C)C. The zero-order valence-electron chi connectivity index (χ0n) is 12.9. The first-order valence-corrected chi connectivity index (χ1v) is 7.21. The minimum absolute atomic E-state index is 0.0865. The van der Waals surface area contributed by atoms with E-state index in [0.29, 0.717) is 17.4 Å². The quantitative estimate of drug-likeness (QED) is 0.851. The third-order valence-electron chi connectivity index (χ3n) is 3.40. The van der Waals surface area contributed by atoms with Crippen molar-refractivity contribution in [1.29, 1.82) is 0 Å². The van der Waals surface area contributed by atoms with Crippen LogP contribution in [0.4, 0.5) is 11.6 Å². The summed E-state index contributed by atoms with van der Waals surface area (Å²) in [7, 11) is 5.68. The van der Waals surface area contributed by atoms with E-state index in [9.17, 15) is 0 Å². The van der Waals surface area contributed by atoms with Gasteiger partial charge in [0.05, 0.1) is 13.2 Å². The van der Waals surface area contributed by atoms with E-state index < -0.39 is 0 Å². The van der Waals surface area contributed by atoms with Gasteiger partial charge in [-0.25, -0.2) is 9.97 Å². The summed E-state index contributed by atoms with van der Waals surface area (Å²) in [5.41, 5.74) is 6.77. The molecule has 0 aliphatic rings. The number of methoxy groups -OCH3 is 1. The predicted octanol–water partition coefficient (Wildman–Crippen LogP) is 2.44. The van der Waals surface area contributed by atoms with Crippen LogP contribution in [0.15, 0.2) is 30.6 Å². The van der Waals surface area contributed by atoms with Crippen LogP contribution in [0.1, 0.15) is 11.6 Å². The zero-order chi connectivity index (χ0) is 16.1. The van der Waals surface area contributed by atoms with Crippen molar-refractivity contribution in [3.8, 4) is 5.75 Å². The van der Waals surface area contributed by atoms with Gasteiger partial charge >= 0.3 is 0 Å². The third kappa shape index (κ3) is 3.58. The van der Waals surface area contributed by atoms with Crippen LogP contribution in [0.3, 0.4) is 0 Å². The Hall–Kier alpha value is -2.05. The molecule has 0 fully saturated rings. The molecule has 1 aromatic carbocycles. The number of likely N-dealkylation sites (N-methyl/N-ethyl adjacent to an activating group) is 1. The second kappa shape index (κ2) is 7.29. The van der Waals surface area contributed by atoms with E-state index in [4.69, 9.17) is 22.1 Å². The highest BCUT2D eigenvalue weighted by Gasteiger charge is 2.19. The monoisotopic (exact) mass is 321 g/mol.